The van der Waals surface area contributed by atoms with Gasteiger partial charge in [0.15, 0.2) is 0 Å². The summed E-state index contributed by atoms with van der Waals surface area (Å²) in [6.07, 6.45) is 0.478. The van der Waals surface area contributed by atoms with Crippen molar-refractivity contribution in [1.29, 1.82) is 0 Å². The lowest BCUT2D eigenvalue weighted by Gasteiger charge is -2.17. The summed E-state index contributed by atoms with van der Waals surface area (Å²) in [7, 11) is -6.31. The summed E-state index contributed by atoms with van der Waals surface area (Å²) in [5.74, 6) is 0. The molecule has 0 bridgehead atoms. The lowest BCUT2D eigenvalue weighted by molar-refractivity contribution is 0.218. The summed E-state index contributed by atoms with van der Waals surface area (Å²) in [6, 6.07) is 20.0. The molecule has 5 rings (SSSR count). The van der Waals surface area contributed by atoms with Crippen molar-refractivity contribution in [3.63, 3.8) is 0 Å². The Morgan fingerprint density at radius 2 is 0.905 bits per heavy atom. The fraction of sp³-hybridized carbons (Fsp3) is 0.333. The largest absolute Gasteiger partial charge is 0.335 e. The standard InChI is InChI=1S/C30H34N2O6P2S2/c1-5-35-39(33,36-6-2)19-21-9-13-23(14-10-21)29-31-25-17-28-26(18-27(25)41-29)32-30(42-28)24-15-11-22(12-16-24)20-40(34,37-7-3)38-8-4/h9-18H,5-8,19-20H2,1-4H3. The van der Waals surface area contributed by atoms with Gasteiger partial charge in [-0.1, -0.05) is 48.5 Å². The molecule has 5 aromatic rings. The summed E-state index contributed by atoms with van der Waals surface area (Å²) in [4.78, 5) is 9.79. The molecule has 0 radical (unpaired) electrons. The number of aromatic nitrogens is 2. The number of fused-ring (bicyclic) bond motifs is 2. The third kappa shape index (κ3) is 7.26. The van der Waals surface area contributed by atoms with Crippen LogP contribution >= 0.6 is 37.9 Å². The highest BCUT2D eigenvalue weighted by Gasteiger charge is 2.25. The van der Waals surface area contributed by atoms with Crippen molar-refractivity contribution in [2.75, 3.05) is 26.4 Å². The van der Waals surface area contributed by atoms with Crippen molar-refractivity contribution in [3.05, 3.63) is 71.8 Å². The van der Waals surface area contributed by atoms with Gasteiger partial charge in [0.25, 0.3) is 0 Å². The molecule has 0 aliphatic carbocycles. The van der Waals surface area contributed by atoms with E-state index >= 15 is 0 Å². The van der Waals surface area contributed by atoms with E-state index in [4.69, 9.17) is 28.1 Å². The van der Waals surface area contributed by atoms with Crippen LogP contribution in [0.2, 0.25) is 0 Å². The van der Waals surface area contributed by atoms with Gasteiger partial charge in [-0.15, -0.1) is 22.7 Å². The van der Waals surface area contributed by atoms with E-state index in [9.17, 15) is 9.13 Å². The lowest BCUT2D eigenvalue weighted by Crippen LogP contribution is -1.99. The van der Waals surface area contributed by atoms with Crippen LogP contribution in [0.3, 0.4) is 0 Å². The van der Waals surface area contributed by atoms with Crippen LogP contribution in [0.1, 0.15) is 38.8 Å². The minimum atomic E-state index is -3.15. The molecule has 0 fully saturated rings. The third-order valence-corrected chi connectivity index (χ3v) is 12.6. The molecule has 0 saturated heterocycles. The zero-order valence-electron chi connectivity index (χ0n) is 24.1. The molecule has 222 valence electrons. The van der Waals surface area contributed by atoms with Crippen molar-refractivity contribution in [2.24, 2.45) is 0 Å². The van der Waals surface area contributed by atoms with Gasteiger partial charge in [-0.05, 0) is 51.0 Å². The summed E-state index contributed by atoms with van der Waals surface area (Å²) < 4.78 is 49.6. The predicted octanol–water partition coefficient (Wildman–Crippen LogP) is 9.77. The van der Waals surface area contributed by atoms with Crippen LogP contribution in [-0.4, -0.2) is 36.4 Å². The van der Waals surface area contributed by atoms with E-state index in [1.165, 1.54) is 0 Å². The van der Waals surface area contributed by atoms with Crippen molar-refractivity contribution >= 4 is 58.3 Å². The number of thiazole rings is 2. The molecule has 0 atom stereocenters. The maximum atomic E-state index is 12.9. The molecule has 0 saturated carbocycles. The molecule has 0 spiro atoms. The zero-order valence-corrected chi connectivity index (χ0v) is 27.5. The Bertz CT molecular complexity index is 1560. The van der Waals surface area contributed by atoms with Gasteiger partial charge in [-0.2, -0.15) is 0 Å². The number of benzene rings is 3. The molecule has 0 aliphatic heterocycles. The first-order valence-corrected chi connectivity index (χ1v) is 19.0. The summed E-state index contributed by atoms with van der Waals surface area (Å²) >= 11 is 3.24. The van der Waals surface area contributed by atoms with Gasteiger partial charge >= 0.3 is 15.2 Å². The molecular formula is C30H34N2O6P2S2. The van der Waals surface area contributed by atoms with Crippen LogP contribution in [0.4, 0.5) is 0 Å². The second-order valence-electron chi connectivity index (χ2n) is 9.43. The topological polar surface area (TPSA) is 96.8 Å². The Kier molecular flexibility index (Phi) is 10.1. The van der Waals surface area contributed by atoms with Gasteiger partial charge < -0.3 is 18.1 Å². The van der Waals surface area contributed by atoms with Crippen molar-refractivity contribution in [2.45, 2.75) is 40.0 Å². The van der Waals surface area contributed by atoms with Gasteiger partial charge in [0, 0.05) is 11.1 Å². The molecular weight excluding hydrogens is 610 g/mol. The zero-order chi connectivity index (χ0) is 29.7. The van der Waals surface area contributed by atoms with E-state index in [2.05, 4.69) is 12.1 Å². The highest BCUT2D eigenvalue weighted by Crippen LogP contribution is 2.52. The molecule has 8 nitrogen and oxygen atoms in total. The van der Waals surface area contributed by atoms with Crippen molar-refractivity contribution in [3.8, 4) is 21.1 Å². The highest BCUT2D eigenvalue weighted by molar-refractivity contribution is 7.53. The fourth-order valence-corrected chi connectivity index (χ4v) is 9.97. The quantitative estimate of drug-likeness (QED) is 0.110. The molecule has 0 unspecified atom stereocenters. The second-order valence-corrected chi connectivity index (χ2v) is 15.6. The van der Waals surface area contributed by atoms with Gasteiger partial charge in [0.2, 0.25) is 0 Å². The maximum Gasteiger partial charge on any atom is 0.335 e. The number of hydrogen-bond acceptors (Lipinski definition) is 10. The lowest BCUT2D eigenvalue weighted by atomic mass is 10.1. The van der Waals surface area contributed by atoms with Gasteiger partial charge in [0.1, 0.15) is 10.0 Å². The SMILES string of the molecule is CCOP(=O)(Cc1ccc(-c2nc3cc4sc(-c5ccc(CP(=O)(OCC)OCC)cc5)nc4cc3s2)cc1)OCC. The Morgan fingerprint density at radius 1 is 0.571 bits per heavy atom. The van der Waals surface area contributed by atoms with Crippen LogP contribution in [0.15, 0.2) is 60.7 Å². The van der Waals surface area contributed by atoms with Gasteiger partial charge in [-0.3, -0.25) is 9.13 Å². The number of rotatable bonds is 14. The smallest absolute Gasteiger partial charge is 0.309 e. The number of nitrogens with zero attached hydrogens (tertiary/aromatic N) is 2. The normalized spacial score (nSPS) is 12.5. The van der Waals surface area contributed by atoms with E-state index in [0.717, 1.165) is 52.7 Å². The minimum Gasteiger partial charge on any atom is -0.309 e. The maximum absolute atomic E-state index is 12.9. The first-order chi connectivity index (χ1) is 20.3. The van der Waals surface area contributed by atoms with E-state index in [1.54, 1.807) is 22.7 Å². The third-order valence-electron chi connectivity index (χ3n) is 6.36. The molecule has 42 heavy (non-hydrogen) atoms. The van der Waals surface area contributed by atoms with Crippen molar-refractivity contribution in [1.82, 2.24) is 9.97 Å². The molecule has 0 N–H and O–H groups in total. The van der Waals surface area contributed by atoms with E-state index < -0.39 is 15.2 Å². The summed E-state index contributed by atoms with van der Waals surface area (Å²) in [5.41, 5.74) is 5.64. The summed E-state index contributed by atoms with van der Waals surface area (Å²) in [6.45, 7) is 8.63. The Morgan fingerprint density at radius 3 is 1.21 bits per heavy atom. The number of hydrogen-bond donors (Lipinski definition) is 0. The first-order valence-electron chi connectivity index (χ1n) is 13.9. The van der Waals surface area contributed by atoms with Gasteiger partial charge in [0.05, 0.1) is 59.2 Å². The molecule has 2 aromatic heterocycles. The molecule has 3 aromatic carbocycles. The fourth-order valence-electron chi connectivity index (χ4n) is 4.59. The Hall–Kier alpha value is -2.26. The van der Waals surface area contributed by atoms with Gasteiger partial charge in [-0.25, -0.2) is 9.97 Å². The van der Waals surface area contributed by atoms with Crippen LogP contribution in [0.25, 0.3) is 41.6 Å². The molecule has 0 amide bonds. The minimum absolute atomic E-state index is 0.239. The van der Waals surface area contributed by atoms with Crippen LogP contribution in [-0.2, 0) is 39.5 Å². The average Bonchev–Trinajstić information content (AvgIpc) is 3.56. The molecule has 2 heterocycles. The van der Waals surface area contributed by atoms with Crippen LogP contribution in [0.5, 0.6) is 0 Å². The monoisotopic (exact) mass is 644 g/mol. The molecule has 0 aliphatic rings. The first kappa shape index (κ1) is 31.2. The van der Waals surface area contributed by atoms with E-state index in [-0.39, 0.29) is 12.3 Å². The van der Waals surface area contributed by atoms with Crippen LogP contribution < -0.4 is 0 Å². The summed E-state index contributed by atoms with van der Waals surface area (Å²) in [5, 5.41) is 1.83. The Balaban J connectivity index is 1.33. The highest BCUT2D eigenvalue weighted by atomic mass is 32.1. The predicted molar refractivity (Wildman–Crippen MR) is 173 cm³/mol. The Labute approximate surface area is 254 Å². The van der Waals surface area contributed by atoms with Crippen LogP contribution in [0, 0.1) is 0 Å². The van der Waals surface area contributed by atoms with Crippen molar-refractivity contribution < 1.29 is 27.2 Å². The molecule has 12 heteroatoms. The van der Waals surface area contributed by atoms with E-state index in [0.29, 0.717) is 26.4 Å². The van der Waals surface area contributed by atoms with E-state index in [1.807, 2.05) is 76.2 Å². The average molecular weight is 645 g/mol. The second kappa shape index (κ2) is 13.6.